The van der Waals surface area contributed by atoms with E-state index in [1.807, 2.05) is 0 Å². The maximum Gasteiger partial charge on any atom is 0.509 e. The van der Waals surface area contributed by atoms with E-state index in [1.54, 1.807) is 13.8 Å². The van der Waals surface area contributed by atoms with Gasteiger partial charge in [0.15, 0.2) is 11.5 Å². The van der Waals surface area contributed by atoms with E-state index in [-0.39, 0.29) is 30.9 Å². The molecule has 0 aliphatic heterocycles. The maximum absolute atomic E-state index is 17.4. The minimum absolute atomic E-state index is 0.00423. The van der Waals surface area contributed by atoms with Crippen LogP contribution in [0.15, 0.2) is 23.8 Å². The Hall–Kier alpha value is -2.29. The van der Waals surface area contributed by atoms with Crippen LogP contribution in [-0.4, -0.2) is 57.8 Å². The number of fused-ring (bicyclic) bond motifs is 5. The lowest BCUT2D eigenvalue weighted by atomic mass is 9.44. The summed E-state index contributed by atoms with van der Waals surface area (Å²) in [5.74, 6) is -3.74. The Morgan fingerprint density at radius 2 is 1.79 bits per heavy atom. The van der Waals surface area contributed by atoms with Crippen LogP contribution in [0, 0.1) is 34.5 Å². The number of halogens is 2. The molecule has 0 unspecified atom stereocenters. The number of aliphatic carboxylic acids is 1. The molecule has 7 nitrogen and oxygen atoms in total. The first-order chi connectivity index (χ1) is 18.2. The van der Waals surface area contributed by atoms with Gasteiger partial charge in [0, 0.05) is 22.7 Å². The van der Waals surface area contributed by atoms with Gasteiger partial charge in [-0.25, -0.2) is 18.4 Å². The highest BCUT2D eigenvalue weighted by molar-refractivity contribution is 6.01. The number of carboxylic acid groups (broad SMARTS) is 1. The molecule has 4 fully saturated rings. The van der Waals surface area contributed by atoms with Crippen LogP contribution in [0.4, 0.5) is 13.6 Å². The standard InChI is InChI=1S/C30H40F2O7/c1-5-17-6-8-19(9-7-17)38-26(37)39-30(25(35)36)16(2)12-20-21-14-23(31)22-13-18(33)10-11-27(22,3)29(21,32)24(34)15-28(20,30)4/h10-11,13,16-17,19-21,23-24,34H,5-9,12,14-15H2,1-4H3,(H,35,36)/t16-,17-,19-,20+,21+,23+,24+,27+,28+,29+,30+/m1/s1. The molecular weight excluding hydrogens is 510 g/mol. The third kappa shape index (κ3) is 3.77. The van der Waals surface area contributed by atoms with Crippen molar-refractivity contribution < 1.29 is 42.9 Å². The molecule has 216 valence electrons. The molecule has 0 amide bonds. The van der Waals surface area contributed by atoms with Gasteiger partial charge in [-0.15, -0.1) is 0 Å². The summed E-state index contributed by atoms with van der Waals surface area (Å²) >= 11 is 0. The highest BCUT2D eigenvalue weighted by Gasteiger charge is 2.78. The van der Waals surface area contributed by atoms with Gasteiger partial charge in [-0.2, -0.15) is 0 Å². The van der Waals surface area contributed by atoms with Gasteiger partial charge in [-0.1, -0.05) is 33.3 Å². The van der Waals surface area contributed by atoms with Crippen molar-refractivity contribution in [2.45, 2.75) is 109 Å². The minimum atomic E-state index is -2.34. The number of ether oxygens (including phenoxy) is 2. The molecule has 39 heavy (non-hydrogen) atoms. The Morgan fingerprint density at radius 1 is 1.13 bits per heavy atom. The first-order valence-electron chi connectivity index (χ1n) is 14.3. The molecule has 5 aliphatic rings. The maximum atomic E-state index is 17.4. The van der Waals surface area contributed by atoms with Crippen molar-refractivity contribution in [3.63, 3.8) is 0 Å². The van der Waals surface area contributed by atoms with E-state index in [9.17, 15) is 24.6 Å². The number of rotatable bonds is 4. The van der Waals surface area contributed by atoms with Crippen LogP contribution < -0.4 is 0 Å². The van der Waals surface area contributed by atoms with E-state index in [0.717, 1.165) is 25.3 Å². The van der Waals surface area contributed by atoms with Crippen LogP contribution in [0.1, 0.15) is 79.1 Å². The summed E-state index contributed by atoms with van der Waals surface area (Å²) < 4.78 is 44.4. The molecule has 0 saturated heterocycles. The van der Waals surface area contributed by atoms with Crippen LogP contribution in [-0.2, 0) is 19.1 Å². The van der Waals surface area contributed by atoms with Crippen LogP contribution >= 0.6 is 0 Å². The molecule has 2 N–H and O–H groups in total. The highest BCUT2D eigenvalue weighted by atomic mass is 19.1. The van der Waals surface area contributed by atoms with Gasteiger partial charge in [0.1, 0.15) is 12.3 Å². The lowest BCUT2D eigenvalue weighted by Crippen LogP contribution is -2.71. The van der Waals surface area contributed by atoms with Crippen molar-refractivity contribution in [1.82, 2.24) is 0 Å². The molecule has 4 saturated carbocycles. The number of allylic oxidation sites excluding steroid dienone is 4. The molecule has 0 heterocycles. The fraction of sp³-hybridized carbons (Fsp3) is 0.767. The van der Waals surface area contributed by atoms with Gasteiger partial charge in [0.25, 0.3) is 0 Å². The molecule has 9 atom stereocenters. The molecule has 0 aromatic rings. The fourth-order valence-electron chi connectivity index (χ4n) is 9.19. The van der Waals surface area contributed by atoms with Crippen molar-refractivity contribution in [3.05, 3.63) is 23.8 Å². The Labute approximate surface area is 228 Å². The predicted molar refractivity (Wildman–Crippen MR) is 137 cm³/mol. The van der Waals surface area contributed by atoms with Crippen molar-refractivity contribution >= 4 is 17.9 Å². The average Bonchev–Trinajstić information content (AvgIpc) is 3.09. The van der Waals surface area contributed by atoms with E-state index < -0.39 is 70.0 Å². The lowest BCUT2D eigenvalue weighted by molar-refractivity contribution is -0.232. The molecule has 0 radical (unpaired) electrons. The monoisotopic (exact) mass is 550 g/mol. The summed E-state index contributed by atoms with van der Waals surface area (Å²) in [6.45, 7) is 6.88. The number of alkyl halides is 2. The smallest absolute Gasteiger partial charge is 0.478 e. The molecule has 0 spiro atoms. The number of ketones is 1. The largest absolute Gasteiger partial charge is 0.509 e. The lowest BCUT2D eigenvalue weighted by Gasteiger charge is -2.62. The van der Waals surface area contributed by atoms with Gasteiger partial charge in [0.05, 0.1) is 6.10 Å². The zero-order valence-electron chi connectivity index (χ0n) is 23.1. The quantitative estimate of drug-likeness (QED) is 0.445. The molecule has 0 aromatic heterocycles. The van der Waals surface area contributed by atoms with Gasteiger partial charge < -0.3 is 19.7 Å². The minimum Gasteiger partial charge on any atom is -0.478 e. The van der Waals surface area contributed by atoms with Gasteiger partial charge in [-0.3, -0.25) is 4.79 Å². The van der Waals surface area contributed by atoms with E-state index in [0.29, 0.717) is 18.8 Å². The number of hydrogen-bond donors (Lipinski definition) is 2. The number of carboxylic acids is 1. The summed E-state index contributed by atoms with van der Waals surface area (Å²) in [5.41, 5.74) is -7.38. The Balaban J connectivity index is 1.47. The second-order valence-electron chi connectivity index (χ2n) is 13.1. The van der Waals surface area contributed by atoms with Crippen molar-refractivity contribution in [3.8, 4) is 0 Å². The number of carbonyl (C=O) groups is 3. The van der Waals surface area contributed by atoms with Crippen LogP contribution in [0.2, 0.25) is 0 Å². The molecule has 5 aliphatic carbocycles. The van der Waals surface area contributed by atoms with Gasteiger partial charge >= 0.3 is 12.1 Å². The molecular formula is C30H40F2O7. The molecule has 5 rings (SSSR count). The number of aliphatic hydroxyl groups is 1. The second-order valence-corrected chi connectivity index (χ2v) is 13.1. The number of hydrogen-bond acceptors (Lipinski definition) is 6. The molecule has 9 heteroatoms. The molecule has 0 bridgehead atoms. The van der Waals surface area contributed by atoms with Gasteiger partial charge in [0.2, 0.25) is 5.60 Å². The first-order valence-corrected chi connectivity index (χ1v) is 14.3. The normalized spacial score (nSPS) is 48.8. The van der Waals surface area contributed by atoms with E-state index in [2.05, 4.69) is 6.92 Å². The SMILES string of the molecule is CC[C@H]1CC[C@H](OC(=O)O[C@]2(C(=O)O)[C@H](C)C[C@H]3[C@@H]4C[C@H](F)C5=CC(=O)C=C[C@]5(C)[C@@]4(F)[C@@H](O)C[C@@]32C)CC1. The van der Waals surface area contributed by atoms with Gasteiger partial charge in [-0.05, 0) is 81.4 Å². The van der Waals surface area contributed by atoms with Crippen LogP contribution in [0.3, 0.4) is 0 Å². The summed E-state index contributed by atoms with van der Waals surface area (Å²) in [7, 11) is 0. The first kappa shape index (κ1) is 28.2. The Morgan fingerprint density at radius 3 is 2.41 bits per heavy atom. The zero-order chi connectivity index (χ0) is 28.5. The predicted octanol–water partition coefficient (Wildman–Crippen LogP) is 5.50. The van der Waals surface area contributed by atoms with Crippen molar-refractivity contribution in [2.75, 3.05) is 0 Å². The third-order valence-corrected chi connectivity index (χ3v) is 11.4. The Kier molecular flexibility index (Phi) is 6.80. The molecule has 0 aromatic carbocycles. The van der Waals surface area contributed by atoms with Crippen molar-refractivity contribution in [2.24, 2.45) is 34.5 Å². The zero-order valence-corrected chi connectivity index (χ0v) is 23.1. The van der Waals surface area contributed by atoms with E-state index in [1.165, 1.54) is 19.1 Å². The number of aliphatic hydroxyl groups excluding tert-OH is 1. The highest BCUT2D eigenvalue weighted by Crippen LogP contribution is 2.71. The number of carbonyl (C=O) groups excluding carboxylic acids is 2. The summed E-state index contributed by atoms with van der Waals surface area (Å²) in [4.78, 5) is 38.1. The second kappa shape index (κ2) is 9.38. The van der Waals surface area contributed by atoms with Crippen molar-refractivity contribution in [1.29, 1.82) is 0 Å². The average molecular weight is 551 g/mol. The van der Waals surface area contributed by atoms with Crippen LogP contribution in [0.5, 0.6) is 0 Å². The summed E-state index contributed by atoms with van der Waals surface area (Å²) in [6, 6.07) is 0. The fourth-order valence-corrected chi connectivity index (χ4v) is 9.19. The van der Waals surface area contributed by atoms with E-state index in [4.69, 9.17) is 9.47 Å². The summed E-state index contributed by atoms with van der Waals surface area (Å²) in [5, 5.41) is 22.1. The van der Waals surface area contributed by atoms with E-state index >= 15 is 8.78 Å². The summed E-state index contributed by atoms with van der Waals surface area (Å²) in [6.07, 6.45) is 2.72. The van der Waals surface area contributed by atoms with Crippen LogP contribution in [0.25, 0.3) is 0 Å². The third-order valence-electron chi connectivity index (χ3n) is 11.4. The Bertz CT molecular complexity index is 1110. The topological polar surface area (TPSA) is 110 Å².